The second kappa shape index (κ2) is 8.03. The molecule has 3 N–H and O–H groups in total. The lowest BCUT2D eigenvalue weighted by molar-refractivity contribution is -0.117. The van der Waals surface area contributed by atoms with E-state index >= 15 is 0 Å². The van der Waals surface area contributed by atoms with Gasteiger partial charge in [0.1, 0.15) is 10.7 Å². The number of hydrogen-bond acceptors (Lipinski definition) is 8. The molecule has 0 spiro atoms. The van der Waals surface area contributed by atoms with E-state index in [-0.39, 0.29) is 23.3 Å². The zero-order valence-electron chi connectivity index (χ0n) is 17.5. The molecular formula is C16H16F2N6O4S. The van der Waals surface area contributed by atoms with Crippen molar-refractivity contribution in [3.8, 4) is 0 Å². The van der Waals surface area contributed by atoms with E-state index in [4.69, 9.17) is 4.11 Å². The summed E-state index contributed by atoms with van der Waals surface area (Å²) in [5, 5.41) is 13.8. The van der Waals surface area contributed by atoms with Crippen LogP contribution in [0.25, 0.3) is 0 Å². The van der Waals surface area contributed by atoms with E-state index in [0.29, 0.717) is 12.8 Å². The number of aromatic nitrogens is 3. The second-order valence-electron chi connectivity index (χ2n) is 5.99. The first-order valence-electron chi connectivity index (χ1n) is 9.63. The van der Waals surface area contributed by atoms with Gasteiger partial charge in [-0.1, -0.05) is 0 Å². The van der Waals surface area contributed by atoms with Gasteiger partial charge in [0, 0.05) is 29.3 Å². The minimum atomic E-state index is -5.08. The van der Waals surface area contributed by atoms with Crippen molar-refractivity contribution in [1.82, 2.24) is 20.5 Å². The molecule has 154 valence electrons. The molecule has 1 saturated carbocycles. The molecule has 1 aliphatic rings. The normalized spacial score (nSPS) is 15.8. The molecule has 0 unspecified atom stereocenters. The quantitative estimate of drug-likeness (QED) is 0.598. The first-order valence-corrected chi connectivity index (χ1v) is 9.68. The number of hydrogen-bond donors (Lipinski definition) is 3. The molecular weight excluding hydrogens is 410 g/mol. The molecule has 29 heavy (non-hydrogen) atoms. The van der Waals surface area contributed by atoms with Gasteiger partial charge in [0.15, 0.2) is 11.5 Å². The van der Waals surface area contributed by atoms with Crippen LogP contribution < -0.4 is 16.0 Å². The SMILES string of the molecule is [2H]C([2H])([2H])NC(=O)c1nnc(NC(=O)C2CC2)cc1Nc1ncccc1S(=O)(=O)C(F)F. The van der Waals surface area contributed by atoms with E-state index in [1.165, 1.54) is 0 Å². The maximum absolute atomic E-state index is 13.1. The van der Waals surface area contributed by atoms with Crippen molar-refractivity contribution in [3.05, 3.63) is 30.1 Å². The van der Waals surface area contributed by atoms with E-state index in [1.54, 1.807) is 5.32 Å². The fourth-order valence-corrected chi connectivity index (χ4v) is 3.12. The van der Waals surface area contributed by atoms with Gasteiger partial charge in [-0.15, -0.1) is 10.2 Å². The number of sulfone groups is 1. The molecule has 3 rings (SSSR count). The molecule has 0 radical (unpaired) electrons. The topological polar surface area (TPSA) is 143 Å². The van der Waals surface area contributed by atoms with Gasteiger partial charge >= 0.3 is 5.76 Å². The molecule has 1 fully saturated rings. The minimum absolute atomic E-state index is 0.135. The second-order valence-corrected chi connectivity index (χ2v) is 7.88. The Balaban J connectivity index is 2.03. The number of nitrogens with one attached hydrogen (secondary N) is 3. The summed E-state index contributed by atoms with van der Waals surface area (Å²) in [6.45, 7) is -2.88. The predicted octanol–water partition coefficient (Wildman–Crippen LogP) is 1.32. The number of rotatable bonds is 7. The minimum Gasteiger partial charge on any atom is -0.354 e. The van der Waals surface area contributed by atoms with Gasteiger partial charge in [-0.25, -0.2) is 13.4 Å². The van der Waals surface area contributed by atoms with E-state index in [9.17, 15) is 26.8 Å². The largest absolute Gasteiger partial charge is 0.354 e. The van der Waals surface area contributed by atoms with Crippen molar-refractivity contribution in [2.45, 2.75) is 23.5 Å². The zero-order valence-corrected chi connectivity index (χ0v) is 15.3. The van der Waals surface area contributed by atoms with Crippen molar-refractivity contribution in [2.24, 2.45) is 5.92 Å². The summed E-state index contributed by atoms with van der Waals surface area (Å²) in [5.74, 6) is -6.22. The highest BCUT2D eigenvalue weighted by Crippen LogP contribution is 2.31. The highest BCUT2D eigenvalue weighted by atomic mass is 32.2. The molecule has 2 heterocycles. The smallest absolute Gasteiger partial charge is 0.341 e. The molecule has 1 aliphatic carbocycles. The van der Waals surface area contributed by atoms with Crippen LogP contribution in [-0.2, 0) is 14.6 Å². The molecule has 2 aromatic heterocycles. The fraction of sp³-hybridized carbons (Fsp3) is 0.312. The van der Waals surface area contributed by atoms with Crippen molar-refractivity contribution in [2.75, 3.05) is 17.6 Å². The summed E-state index contributed by atoms with van der Waals surface area (Å²) in [6.07, 6.45) is 2.48. The lowest BCUT2D eigenvalue weighted by Gasteiger charge is -2.14. The Morgan fingerprint density at radius 1 is 1.31 bits per heavy atom. The molecule has 0 saturated heterocycles. The van der Waals surface area contributed by atoms with Crippen LogP contribution >= 0.6 is 0 Å². The van der Waals surface area contributed by atoms with Gasteiger partial charge in [0.25, 0.3) is 5.91 Å². The highest BCUT2D eigenvalue weighted by molar-refractivity contribution is 7.91. The number of halogens is 2. The third-order valence-electron chi connectivity index (χ3n) is 3.89. The van der Waals surface area contributed by atoms with Crippen LogP contribution in [-0.4, -0.2) is 48.1 Å². The summed E-state index contributed by atoms with van der Waals surface area (Å²) >= 11 is 0. The molecule has 13 heteroatoms. The summed E-state index contributed by atoms with van der Waals surface area (Å²) < 4.78 is 71.5. The molecule has 2 aromatic rings. The Morgan fingerprint density at radius 3 is 2.72 bits per heavy atom. The standard InChI is InChI=1S/C16H16F2N6O4S/c1-19-15(26)12-9(7-11(23-24-12)22-14(25)8-4-5-8)21-13-10(3-2-6-20-13)29(27,28)16(17)18/h2-3,6-8,16H,4-5H2,1H3,(H,19,26)(H2,20,21,22,23,25)/i1D3. The van der Waals surface area contributed by atoms with Crippen molar-refractivity contribution >= 4 is 39.0 Å². The first kappa shape index (κ1) is 16.7. The summed E-state index contributed by atoms with van der Waals surface area (Å²) in [5.41, 5.74) is -0.922. The van der Waals surface area contributed by atoms with Gasteiger partial charge in [0.2, 0.25) is 15.7 Å². The highest BCUT2D eigenvalue weighted by Gasteiger charge is 2.31. The van der Waals surface area contributed by atoms with Gasteiger partial charge in [-0.3, -0.25) is 9.59 Å². The van der Waals surface area contributed by atoms with Gasteiger partial charge in [-0.05, 0) is 25.0 Å². The van der Waals surface area contributed by atoms with Crippen LogP contribution in [0.5, 0.6) is 0 Å². The van der Waals surface area contributed by atoms with Crippen molar-refractivity contribution in [1.29, 1.82) is 0 Å². The van der Waals surface area contributed by atoms with Crippen LogP contribution in [0.1, 0.15) is 27.4 Å². The number of amides is 2. The van der Waals surface area contributed by atoms with E-state index in [0.717, 1.165) is 24.4 Å². The maximum Gasteiger partial charge on any atom is 0.341 e. The fourth-order valence-electron chi connectivity index (χ4n) is 2.29. The molecule has 0 aromatic carbocycles. The Labute approximate surface area is 168 Å². The zero-order chi connectivity index (χ0) is 23.7. The number of nitrogens with zero attached hydrogens (tertiary/aromatic N) is 3. The molecule has 0 bridgehead atoms. The van der Waals surface area contributed by atoms with Crippen LogP contribution in [0.3, 0.4) is 0 Å². The number of pyridine rings is 1. The lowest BCUT2D eigenvalue weighted by atomic mass is 10.2. The van der Waals surface area contributed by atoms with Crippen molar-refractivity contribution < 1.29 is 30.9 Å². The van der Waals surface area contributed by atoms with Gasteiger partial charge in [-0.2, -0.15) is 8.78 Å². The van der Waals surface area contributed by atoms with E-state index < -0.39 is 44.9 Å². The Hall–Kier alpha value is -3.22. The third kappa shape index (κ3) is 4.45. The van der Waals surface area contributed by atoms with Gasteiger partial charge in [0.05, 0.1) is 5.69 Å². The Morgan fingerprint density at radius 2 is 2.07 bits per heavy atom. The summed E-state index contributed by atoms with van der Waals surface area (Å²) in [7, 11) is -5.08. The van der Waals surface area contributed by atoms with Crippen LogP contribution in [0.2, 0.25) is 0 Å². The Kier molecular flexibility index (Phi) is 4.63. The maximum atomic E-state index is 13.1. The average molecular weight is 429 g/mol. The number of anilines is 3. The molecule has 0 aliphatic heterocycles. The average Bonchev–Trinajstić information content (AvgIpc) is 3.52. The molecule has 2 amide bonds. The number of carbonyl (C=O) groups is 2. The van der Waals surface area contributed by atoms with Crippen LogP contribution in [0, 0.1) is 5.92 Å². The Bertz CT molecular complexity index is 1160. The van der Waals surface area contributed by atoms with E-state index in [2.05, 4.69) is 25.8 Å². The molecule has 0 atom stereocenters. The van der Waals surface area contributed by atoms with Crippen LogP contribution in [0.15, 0.2) is 29.3 Å². The number of carbonyl (C=O) groups excluding carboxylic acids is 2. The lowest BCUT2D eigenvalue weighted by Crippen LogP contribution is -2.23. The van der Waals surface area contributed by atoms with Crippen molar-refractivity contribution in [3.63, 3.8) is 0 Å². The van der Waals surface area contributed by atoms with E-state index in [1.807, 2.05) is 0 Å². The van der Waals surface area contributed by atoms with Crippen LogP contribution in [0.4, 0.5) is 26.1 Å². The monoisotopic (exact) mass is 429 g/mol. The predicted molar refractivity (Wildman–Crippen MR) is 97.5 cm³/mol. The third-order valence-corrected chi connectivity index (χ3v) is 5.30. The molecule has 10 nitrogen and oxygen atoms in total. The summed E-state index contributed by atoms with van der Waals surface area (Å²) in [6, 6.07) is 3.08. The van der Waals surface area contributed by atoms with Gasteiger partial charge < -0.3 is 16.0 Å². The summed E-state index contributed by atoms with van der Waals surface area (Å²) in [4.78, 5) is 27.2. The first-order chi connectivity index (χ1) is 14.9. The number of alkyl halides is 2.